The number of nitrogens with one attached hydrogen (secondary N) is 1. The fraction of sp³-hybridized carbons (Fsp3) is 0.176. The van der Waals surface area contributed by atoms with Gasteiger partial charge in [0.15, 0.2) is 6.61 Å². The van der Waals surface area contributed by atoms with Crippen LogP contribution in [0.3, 0.4) is 0 Å². The minimum absolute atomic E-state index is 0.165. The quantitative estimate of drug-likeness (QED) is 0.767. The van der Waals surface area contributed by atoms with Crippen LogP contribution < -0.4 is 14.8 Å². The van der Waals surface area contributed by atoms with Gasteiger partial charge in [-0.05, 0) is 30.3 Å². The standard InChI is InChI=1S/C17H15Cl2NO5/c1-23-11-4-5-12(17(22)24-2)15(8-11)25-9-16(21)20-14-7-10(18)3-6-13(14)19/h3-8H,9H2,1-2H3,(H,20,21). The Bertz CT molecular complexity index is 795. The Morgan fingerprint density at radius 3 is 2.52 bits per heavy atom. The molecule has 0 aliphatic rings. The molecule has 0 fully saturated rings. The van der Waals surface area contributed by atoms with Gasteiger partial charge in [0.05, 0.1) is 24.9 Å². The predicted molar refractivity (Wildman–Crippen MR) is 94.9 cm³/mol. The summed E-state index contributed by atoms with van der Waals surface area (Å²) in [7, 11) is 2.73. The molecular formula is C17H15Cl2NO5. The third kappa shape index (κ3) is 5.01. The lowest BCUT2D eigenvalue weighted by Crippen LogP contribution is -2.21. The van der Waals surface area contributed by atoms with E-state index in [1.165, 1.54) is 32.4 Å². The van der Waals surface area contributed by atoms with Crippen LogP contribution in [0.2, 0.25) is 10.0 Å². The van der Waals surface area contributed by atoms with Crippen molar-refractivity contribution in [2.24, 2.45) is 0 Å². The highest BCUT2D eigenvalue weighted by Crippen LogP contribution is 2.27. The van der Waals surface area contributed by atoms with Crippen LogP contribution in [0.4, 0.5) is 5.69 Å². The largest absolute Gasteiger partial charge is 0.497 e. The van der Waals surface area contributed by atoms with Gasteiger partial charge in [0.2, 0.25) is 0 Å². The molecule has 0 spiro atoms. The van der Waals surface area contributed by atoms with E-state index >= 15 is 0 Å². The van der Waals surface area contributed by atoms with E-state index in [0.717, 1.165) is 0 Å². The van der Waals surface area contributed by atoms with Crippen molar-refractivity contribution in [1.29, 1.82) is 0 Å². The summed E-state index contributed by atoms with van der Waals surface area (Å²) in [5, 5.41) is 3.36. The molecule has 0 aliphatic carbocycles. The summed E-state index contributed by atoms with van der Waals surface area (Å²) in [5.41, 5.74) is 0.540. The van der Waals surface area contributed by atoms with E-state index < -0.39 is 11.9 Å². The average Bonchev–Trinajstić information content (AvgIpc) is 2.62. The Hall–Kier alpha value is -2.44. The number of benzene rings is 2. The second-order valence-electron chi connectivity index (χ2n) is 4.81. The Labute approximate surface area is 154 Å². The molecule has 0 atom stereocenters. The molecule has 0 aromatic heterocycles. The third-order valence-corrected chi connectivity index (χ3v) is 3.72. The zero-order valence-electron chi connectivity index (χ0n) is 13.5. The lowest BCUT2D eigenvalue weighted by Gasteiger charge is -2.12. The minimum atomic E-state index is -0.587. The molecule has 0 unspecified atom stereocenters. The first kappa shape index (κ1) is 18.9. The van der Waals surface area contributed by atoms with Crippen molar-refractivity contribution in [2.75, 3.05) is 26.1 Å². The molecule has 0 bridgehead atoms. The van der Waals surface area contributed by atoms with Gasteiger partial charge in [0.1, 0.15) is 17.1 Å². The maximum Gasteiger partial charge on any atom is 0.341 e. The molecule has 1 N–H and O–H groups in total. The molecule has 0 saturated carbocycles. The molecule has 0 radical (unpaired) electrons. The SMILES string of the molecule is COC(=O)c1ccc(OC)cc1OCC(=O)Nc1cc(Cl)ccc1Cl. The number of halogens is 2. The number of esters is 1. The van der Waals surface area contributed by atoms with Crippen LogP contribution in [-0.2, 0) is 9.53 Å². The molecule has 0 aliphatic heterocycles. The van der Waals surface area contributed by atoms with E-state index in [-0.39, 0.29) is 17.9 Å². The van der Waals surface area contributed by atoms with Crippen LogP contribution in [0.1, 0.15) is 10.4 Å². The molecule has 8 heteroatoms. The van der Waals surface area contributed by atoms with Crippen molar-refractivity contribution in [3.63, 3.8) is 0 Å². The molecule has 0 heterocycles. The van der Waals surface area contributed by atoms with Gasteiger partial charge < -0.3 is 19.5 Å². The molecule has 1 amide bonds. The van der Waals surface area contributed by atoms with Gasteiger partial charge in [-0.1, -0.05) is 23.2 Å². The van der Waals surface area contributed by atoms with Crippen molar-refractivity contribution >= 4 is 40.8 Å². The Balaban J connectivity index is 2.10. The zero-order chi connectivity index (χ0) is 18.4. The normalized spacial score (nSPS) is 10.1. The van der Waals surface area contributed by atoms with Crippen molar-refractivity contribution < 1.29 is 23.8 Å². The summed E-state index contributed by atoms with van der Waals surface area (Å²) >= 11 is 11.9. The Morgan fingerprint density at radius 1 is 1.08 bits per heavy atom. The topological polar surface area (TPSA) is 73.9 Å². The second-order valence-corrected chi connectivity index (χ2v) is 5.66. The minimum Gasteiger partial charge on any atom is -0.497 e. The lowest BCUT2D eigenvalue weighted by molar-refractivity contribution is -0.118. The number of methoxy groups -OCH3 is 2. The maximum absolute atomic E-state index is 12.1. The highest BCUT2D eigenvalue weighted by Gasteiger charge is 2.16. The Kier molecular flexibility index (Phi) is 6.50. The molecule has 2 aromatic carbocycles. The van der Waals surface area contributed by atoms with Crippen molar-refractivity contribution in [2.45, 2.75) is 0 Å². The number of ether oxygens (including phenoxy) is 3. The number of hydrogen-bond acceptors (Lipinski definition) is 5. The molecule has 0 saturated heterocycles. The summed E-state index contributed by atoms with van der Waals surface area (Å²) in [6.45, 7) is -0.347. The van der Waals surface area contributed by atoms with E-state index in [1.807, 2.05) is 0 Å². The van der Waals surface area contributed by atoms with Gasteiger partial charge in [-0.3, -0.25) is 4.79 Å². The number of amides is 1. The number of rotatable bonds is 6. The van der Waals surface area contributed by atoms with Crippen molar-refractivity contribution in [1.82, 2.24) is 0 Å². The molecule has 132 valence electrons. The summed E-state index contributed by atoms with van der Waals surface area (Å²) in [4.78, 5) is 23.8. The molecule has 25 heavy (non-hydrogen) atoms. The van der Waals surface area contributed by atoms with Gasteiger partial charge >= 0.3 is 5.97 Å². The van der Waals surface area contributed by atoms with Crippen LogP contribution in [0.15, 0.2) is 36.4 Å². The van der Waals surface area contributed by atoms with Gasteiger partial charge in [-0.25, -0.2) is 4.79 Å². The summed E-state index contributed by atoms with van der Waals surface area (Å²) in [6.07, 6.45) is 0. The van der Waals surface area contributed by atoms with E-state index in [2.05, 4.69) is 10.1 Å². The van der Waals surface area contributed by atoms with E-state index in [1.54, 1.807) is 18.2 Å². The third-order valence-electron chi connectivity index (χ3n) is 3.16. The summed E-state index contributed by atoms with van der Waals surface area (Å²) in [6, 6.07) is 9.27. The van der Waals surface area contributed by atoms with Gasteiger partial charge in [0.25, 0.3) is 5.91 Å². The van der Waals surface area contributed by atoms with Crippen LogP contribution >= 0.6 is 23.2 Å². The Morgan fingerprint density at radius 2 is 1.84 bits per heavy atom. The fourth-order valence-electron chi connectivity index (χ4n) is 1.95. The molecule has 2 rings (SSSR count). The summed E-state index contributed by atoms with van der Waals surface area (Å²) in [5.74, 6) is -0.418. The van der Waals surface area contributed by atoms with Crippen LogP contribution in [0.25, 0.3) is 0 Å². The van der Waals surface area contributed by atoms with Crippen molar-refractivity contribution in [3.8, 4) is 11.5 Å². The van der Waals surface area contributed by atoms with E-state index in [0.29, 0.717) is 21.5 Å². The van der Waals surface area contributed by atoms with Crippen LogP contribution in [-0.4, -0.2) is 32.7 Å². The first-order chi connectivity index (χ1) is 11.9. The maximum atomic E-state index is 12.1. The highest BCUT2D eigenvalue weighted by molar-refractivity contribution is 6.35. The number of carbonyl (C=O) groups excluding carboxylic acids is 2. The monoisotopic (exact) mass is 383 g/mol. The molecule has 2 aromatic rings. The van der Waals surface area contributed by atoms with Gasteiger partial charge in [-0.15, -0.1) is 0 Å². The zero-order valence-corrected chi connectivity index (χ0v) is 15.0. The average molecular weight is 384 g/mol. The van der Waals surface area contributed by atoms with Crippen LogP contribution in [0, 0.1) is 0 Å². The smallest absolute Gasteiger partial charge is 0.341 e. The molecular weight excluding hydrogens is 369 g/mol. The first-order valence-corrected chi connectivity index (χ1v) is 7.84. The number of carbonyl (C=O) groups is 2. The lowest BCUT2D eigenvalue weighted by atomic mass is 10.2. The number of anilines is 1. The summed E-state index contributed by atoms with van der Waals surface area (Å²) < 4.78 is 15.2. The highest BCUT2D eigenvalue weighted by atomic mass is 35.5. The van der Waals surface area contributed by atoms with E-state index in [9.17, 15) is 9.59 Å². The van der Waals surface area contributed by atoms with Gasteiger partial charge in [-0.2, -0.15) is 0 Å². The van der Waals surface area contributed by atoms with Crippen LogP contribution in [0.5, 0.6) is 11.5 Å². The van der Waals surface area contributed by atoms with E-state index in [4.69, 9.17) is 32.7 Å². The second kappa shape index (κ2) is 8.60. The first-order valence-electron chi connectivity index (χ1n) is 7.08. The van der Waals surface area contributed by atoms with Gasteiger partial charge in [0, 0.05) is 11.1 Å². The number of hydrogen-bond donors (Lipinski definition) is 1. The predicted octanol–water partition coefficient (Wildman–Crippen LogP) is 3.81. The van der Waals surface area contributed by atoms with Crippen molar-refractivity contribution in [3.05, 3.63) is 52.0 Å². The molecule has 6 nitrogen and oxygen atoms in total. The fourth-order valence-corrected chi connectivity index (χ4v) is 2.29.